The highest BCUT2D eigenvalue weighted by atomic mass is 79.9. The second-order valence-electron chi connectivity index (χ2n) is 5.92. The first-order valence-corrected chi connectivity index (χ1v) is 8.82. The minimum Gasteiger partial charge on any atom is -0.326 e. The summed E-state index contributed by atoms with van der Waals surface area (Å²) in [7, 11) is 0. The lowest BCUT2D eigenvalue weighted by Gasteiger charge is -2.17. The summed E-state index contributed by atoms with van der Waals surface area (Å²) in [5.41, 5.74) is 2.81. The molecule has 0 aliphatic carbocycles. The number of carbonyl (C=O) groups is 2. The van der Waals surface area contributed by atoms with Crippen LogP contribution in [0.2, 0.25) is 0 Å². The van der Waals surface area contributed by atoms with Crippen LogP contribution in [-0.4, -0.2) is 18.4 Å². The maximum atomic E-state index is 12.5. The smallest absolute Gasteiger partial charge is 0.229 e. The molecule has 0 spiro atoms. The third-order valence-electron chi connectivity index (χ3n) is 4.25. The van der Waals surface area contributed by atoms with Crippen molar-refractivity contribution in [3.05, 3.63) is 58.6 Å². The van der Waals surface area contributed by atoms with Crippen molar-refractivity contribution in [2.24, 2.45) is 5.92 Å². The summed E-state index contributed by atoms with van der Waals surface area (Å²) < 4.78 is 0.914. The van der Waals surface area contributed by atoms with Crippen LogP contribution < -0.4 is 10.2 Å². The van der Waals surface area contributed by atoms with Gasteiger partial charge in [0.25, 0.3) is 0 Å². The molecule has 2 aromatic carbocycles. The van der Waals surface area contributed by atoms with Gasteiger partial charge in [0.05, 0.1) is 5.92 Å². The topological polar surface area (TPSA) is 49.4 Å². The van der Waals surface area contributed by atoms with Crippen molar-refractivity contribution in [2.75, 3.05) is 16.8 Å². The molecule has 1 aliphatic heterocycles. The van der Waals surface area contributed by atoms with Crippen LogP contribution in [0.3, 0.4) is 0 Å². The van der Waals surface area contributed by atoms with E-state index in [0.29, 0.717) is 6.54 Å². The zero-order valence-electron chi connectivity index (χ0n) is 13.5. The van der Waals surface area contributed by atoms with E-state index in [-0.39, 0.29) is 24.2 Å². The van der Waals surface area contributed by atoms with E-state index in [4.69, 9.17) is 0 Å². The fourth-order valence-corrected chi connectivity index (χ4v) is 3.23. The van der Waals surface area contributed by atoms with Gasteiger partial charge in [-0.2, -0.15) is 0 Å². The lowest BCUT2D eigenvalue weighted by atomic mass is 10.1. The Hall–Kier alpha value is -2.14. The average molecular weight is 387 g/mol. The van der Waals surface area contributed by atoms with Crippen molar-refractivity contribution in [3.63, 3.8) is 0 Å². The van der Waals surface area contributed by atoms with Crippen LogP contribution in [0, 0.1) is 5.92 Å². The number of rotatable bonds is 4. The minimum absolute atomic E-state index is 0.0189. The first kappa shape index (κ1) is 16.7. The molecule has 2 amide bonds. The Balaban J connectivity index is 1.67. The van der Waals surface area contributed by atoms with Crippen LogP contribution in [0.1, 0.15) is 18.9 Å². The van der Waals surface area contributed by atoms with E-state index in [1.165, 1.54) is 5.56 Å². The average Bonchev–Trinajstić information content (AvgIpc) is 2.97. The van der Waals surface area contributed by atoms with Gasteiger partial charge in [-0.3, -0.25) is 9.59 Å². The van der Waals surface area contributed by atoms with Crippen molar-refractivity contribution < 1.29 is 9.59 Å². The quantitative estimate of drug-likeness (QED) is 0.862. The fourth-order valence-electron chi connectivity index (χ4n) is 2.84. The second-order valence-corrected chi connectivity index (χ2v) is 6.84. The summed E-state index contributed by atoms with van der Waals surface area (Å²) in [6.07, 6.45) is 1.21. The normalized spacial score (nSPS) is 17.2. The van der Waals surface area contributed by atoms with Crippen LogP contribution in [0.4, 0.5) is 11.4 Å². The summed E-state index contributed by atoms with van der Waals surface area (Å²) in [5.74, 6) is -0.456. The van der Waals surface area contributed by atoms with Gasteiger partial charge in [0.1, 0.15) is 0 Å². The Labute approximate surface area is 150 Å². The van der Waals surface area contributed by atoms with Gasteiger partial charge in [-0.1, -0.05) is 41.1 Å². The number of nitrogens with one attached hydrogen (secondary N) is 1. The highest BCUT2D eigenvalue weighted by molar-refractivity contribution is 9.10. The first-order valence-electron chi connectivity index (χ1n) is 8.02. The van der Waals surface area contributed by atoms with Gasteiger partial charge in [-0.25, -0.2) is 0 Å². The third-order valence-corrected chi connectivity index (χ3v) is 4.74. The Morgan fingerprint density at radius 1 is 1.25 bits per heavy atom. The number of halogens is 1. The molecule has 0 radical (unpaired) electrons. The van der Waals surface area contributed by atoms with E-state index in [1.807, 2.05) is 48.5 Å². The number of aryl methyl sites for hydroxylation is 1. The van der Waals surface area contributed by atoms with Crippen molar-refractivity contribution in [3.8, 4) is 0 Å². The minimum atomic E-state index is -0.331. The predicted molar refractivity (Wildman–Crippen MR) is 99.1 cm³/mol. The van der Waals surface area contributed by atoms with Crippen LogP contribution >= 0.6 is 15.9 Å². The summed E-state index contributed by atoms with van der Waals surface area (Å²) in [4.78, 5) is 26.4. The zero-order valence-corrected chi connectivity index (χ0v) is 15.0. The molecule has 5 heteroatoms. The second kappa shape index (κ2) is 7.18. The molecular formula is C19H19BrN2O2. The van der Waals surface area contributed by atoms with E-state index in [2.05, 4.69) is 28.2 Å². The van der Waals surface area contributed by atoms with Crippen LogP contribution in [0.15, 0.2) is 53.0 Å². The van der Waals surface area contributed by atoms with Crippen molar-refractivity contribution in [2.45, 2.75) is 19.8 Å². The zero-order chi connectivity index (χ0) is 17.1. The molecule has 1 heterocycles. The van der Waals surface area contributed by atoms with Gasteiger partial charge < -0.3 is 10.2 Å². The number of hydrogen-bond acceptors (Lipinski definition) is 2. The lowest BCUT2D eigenvalue weighted by molar-refractivity contribution is -0.122. The molecule has 1 saturated heterocycles. The number of benzene rings is 2. The summed E-state index contributed by atoms with van der Waals surface area (Å²) in [6, 6.07) is 15.4. The number of amides is 2. The Morgan fingerprint density at radius 3 is 2.67 bits per heavy atom. The Morgan fingerprint density at radius 2 is 2.00 bits per heavy atom. The van der Waals surface area contributed by atoms with Gasteiger partial charge >= 0.3 is 0 Å². The van der Waals surface area contributed by atoms with Crippen molar-refractivity contribution in [1.29, 1.82) is 0 Å². The largest absolute Gasteiger partial charge is 0.326 e. The molecule has 1 unspecified atom stereocenters. The fraction of sp³-hybridized carbons (Fsp3) is 0.263. The molecule has 0 aromatic heterocycles. The van der Waals surface area contributed by atoms with Gasteiger partial charge in [-0.05, 0) is 42.3 Å². The maximum absolute atomic E-state index is 12.5. The third kappa shape index (κ3) is 3.67. The van der Waals surface area contributed by atoms with Crippen LogP contribution in [-0.2, 0) is 16.0 Å². The number of nitrogens with zero attached hydrogens (tertiary/aromatic N) is 1. The molecule has 1 aliphatic rings. The standard InChI is InChI=1S/C19H19BrN2O2/c1-2-13-6-8-16(9-7-13)21-19(24)14-10-18(23)22(12-14)17-5-3-4-15(20)11-17/h3-9,11,14H,2,10,12H2,1H3,(H,21,24). The summed E-state index contributed by atoms with van der Waals surface area (Å²) >= 11 is 3.41. The van der Waals surface area contributed by atoms with Gasteiger partial charge in [0.15, 0.2) is 0 Å². The van der Waals surface area contributed by atoms with Gasteiger partial charge in [-0.15, -0.1) is 0 Å². The maximum Gasteiger partial charge on any atom is 0.229 e. The molecule has 4 nitrogen and oxygen atoms in total. The van der Waals surface area contributed by atoms with E-state index in [0.717, 1.165) is 22.3 Å². The molecule has 0 bridgehead atoms. The van der Waals surface area contributed by atoms with Crippen LogP contribution in [0.25, 0.3) is 0 Å². The highest BCUT2D eigenvalue weighted by Crippen LogP contribution is 2.28. The first-order chi connectivity index (χ1) is 11.6. The monoisotopic (exact) mass is 386 g/mol. The number of anilines is 2. The SMILES string of the molecule is CCc1ccc(NC(=O)C2CC(=O)N(c3cccc(Br)c3)C2)cc1. The highest BCUT2D eigenvalue weighted by Gasteiger charge is 2.35. The van der Waals surface area contributed by atoms with Crippen LogP contribution in [0.5, 0.6) is 0 Å². The van der Waals surface area contributed by atoms with E-state index in [9.17, 15) is 9.59 Å². The lowest BCUT2D eigenvalue weighted by Crippen LogP contribution is -2.28. The molecule has 0 saturated carbocycles. The van der Waals surface area contributed by atoms with Crippen molar-refractivity contribution in [1.82, 2.24) is 0 Å². The number of hydrogen-bond donors (Lipinski definition) is 1. The summed E-state index contributed by atoms with van der Waals surface area (Å²) in [5, 5.41) is 2.91. The molecule has 1 atom stereocenters. The molecule has 124 valence electrons. The van der Waals surface area contributed by atoms with Crippen molar-refractivity contribution >= 4 is 39.1 Å². The Bertz CT molecular complexity index is 758. The number of carbonyl (C=O) groups excluding carboxylic acids is 2. The molecule has 24 heavy (non-hydrogen) atoms. The van der Waals surface area contributed by atoms with E-state index in [1.54, 1.807) is 4.90 Å². The van der Waals surface area contributed by atoms with Gasteiger partial charge in [0, 0.05) is 28.8 Å². The molecular weight excluding hydrogens is 368 g/mol. The Kier molecular flexibility index (Phi) is 5.00. The van der Waals surface area contributed by atoms with Gasteiger partial charge in [0.2, 0.25) is 11.8 Å². The van der Waals surface area contributed by atoms with E-state index >= 15 is 0 Å². The molecule has 1 N–H and O–H groups in total. The van der Waals surface area contributed by atoms with E-state index < -0.39 is 0 Å². The molecule has 2 aromatic rings. The molecule has 1 fully saturated rings. The summed E-state index contributed by atoms with van der Waals surface area (Å²) in [6.45, 7) is 2.50. The molecule has 3 rings (SSSR count). The predicted octanol–water partition coefficient (Wildman–Crippen LogP) is 4.00.